The van der Waals surface area contributed by atoms with E-state index in [1.807, 2.05) is 18.2 Å². The Hall–Kier alpha value is -2.94. The monoisotopic (exact) mass is 343 g/mol. The molecule has 1 atom stereocenters. The molecule has 1 fully saturated rings. The van der Waals surface area contributed by atoms with E-state index in [1.54, 1.807) is 17.9 Å². The number of morpholine rings is 1. The summed E-state index contributed by atoms with van der Waals surface area (Å²) in [6.07, 6.45) is -0.446. The van der Waals surface area contributed by atoms with Gasteiger partial charge in [-0.3, -0.25) is 9.36 Å². The predicted octanol–water partition coefficient (Wildman–Crippen LogP) is 0.621. The van der Waals surface area contributed by atoms with Gasteiger partial charge in [-0.15, -0.1) is 10.2 Å². The van der Waals surface area contributed by atoms with Gasteiger partial charge >= 0.3 is 5.69 Å². The first-order valence-electron chi connectivity index (χ1n) is 7.99. The standard InChI is InChI=1S/C16H17N5O4/c1-10-18-19-15(25-10)13-8-20(6-7-24-13)14(22)9-21-12-5-3-2-4-11(12)17-16(21)23/h2-5,13H,6-9H2,1H3,(H,17,23). The summed E-state index contributed by atoms with van der Waals surface area (Å²) < 4.78 is 12.5. The van der Waals surface area contributed by atoms with Crippen LogP contribution in [-0.4, -0.2) is 50.3 Å². The van der Waals surface area contributed by atoms with Gasteiger partial charge in [-0.1, -0.05) is 12.1 Å². The molecule has 0 aliphatic carbocycles. The predicted molar refractivity (Wildman–Crippen MR) is 86.9 cm³/mol. The molecule has 1 amide bonds. The quantitative estimate of drug-likeness (QED) is 0.747. The molecule has 3 heterocycles. The van der Waals surface area contributed by atoms with Crippen molar-refractivity contribution in [2.75, 3.05) is 19.7 Å². The maximum absolute atomic E-state index is 12.7. The molecule has 0 bridgehead atoms. The van der Waals surface area contributed by atoms with Gasteiger partial charge in [-0.25, -0.2) is 4.79 Å². The van der Waals surface area contributed by atoms with Crippen LogP contribution in [0.25, 0.3) is 11.0 Å². The van der Waals surface area contributed by atoms with E-state index in [1.165, 1.54) is 4.57 Å². The number of para-hydroxylation sites is 2. The Labute approximate surface area is 142 Å². The van der Waals surface area contributed by atoms with Crippen LogP contribution in [0.4, 0.5) is 0 Å². The third-order valence-corrected chi connectivity index (χ3v) is 4.21. The topological polar surface area (TPSA) is 106 Å². The summed E-state index contributed by atoms with van der Waals surface area (Å²) in [5.74, 6) is 0.656. The number of hydrogen-bond acceptors (Lipinski definition) is 6. The first-order valence-corrected chi connectivity index (χ1v) is 7.99. The van der Waals surface area contributed by atoms with Crippen LogP contribution in [0.5, 0.6) is 0 Å². The number of aromatic nitrogens is 4. The fourth-order valence-electron chi connectivity index (χ4n) is 2.97. The Bertz CT molecular complexity index is 972. The van der Waals surface area contributed by atoms with Gasteiger partial charge in [0.15, 0.2) is 6.10 Å². The molecule has 9 nitrogen and oxygen atoms in total. The second-order valence-electron chi connectivity index (χ2n) is 5.89. The Balaban J connectivity index is 1.52. The minimum Gasteiger partial charge on any atom is -0.423 e. The van der Waals surface area contributed by atoms with E-state index in [0.717, 1.165) is 0 Å². The average Bonchev–Trinajstić information content (AvgIpc) is 3.19. The lowest BCUT2D eigenvalue weighted by molar-refractivity contribution is -0.140. The van der Waals surface area contributed by atoms with Crippen molar-refractivity contribution in [3.05, 3.63) is 46.5 Å². The molecule has 2 aromatic heterocycles. The second-order valence-corrected chi connectivity index (χ2v) is 5.89. The van der Waals surface area contributed by atoms with E-state index in [2.05, 4.69) is 15.2 Å². The number of H-pyrrole nitrogens is 1. The van der Waals surface area contributed by atoms with Crippen molar-refractivity contribution in [1.82, 2.24) is 24.6 Å². The lowest BCUT2D eigenvalue weighted by atomic mass is 10.2. The van der Waals surface area contributed by atoms with Crippen LogP contribution in [0.15, 0.2) is 33.5 Å². The summed E-state index contributed by atoms with van der Waals surface area (Å²) in [7, 11) is 0. The first-order chi connectivity index (χ1) is 12.1. The lowest BCUT2D eigenvalue weighted by Gasteiger charge is -2.31. The second kappa shape index (κ2) is 6.17. The molecule has 0 spiro atoms. The number of carbonyl (C=O) groups is 1. The normalized spacial score (nSPS) is 18.0. The van der Waals surface area contributed by atoms with Gasteiger partial charge in [0.25, 0.3) is 0 Å². The molecule has 1 saturated heterocycles. The molecule has 1 aliphatic rings. The number of carbonyl (C=O) groups excluding carboxylic acids is 1. The molecule has 1 aliphatic heterocycles. The molecule has 0 radical (unpaired) electrons. The minimum atomic E-state index is -0.446. The maximum atomic E-state index is 12.7. The Morgan fingerprint density at radius 2 is 2.20 bits per heavy atom. The molecule has 3 aromatic rings. The van der Waals surface area contributed by atoms with E-state index < -0.39 is 6.10 Å². The average molecular weight is 343 g/mol. The summed E-state index contributed by atoms with van der Waals surface area (Å²) in [4.78, 5) is 29.2. The van der Waals surface area contributed by atoms with Crippen LogP contribution in [-0.2, 0) is 16.1 Å². The van der Waals surface area contributed by atoms with Crippen molar-refractivity contribution >= 4 is 16.9 Å². The highest BCUT2D eigenvalue weighted by Crippen LogP contribution is 2.21. The smallest absolute Gasteiger partial charge is 0.326 e. The summed E-state index contributed by atoms with van der Waals surface area (Å²) in [5, 5.41) is 7.74. The number of nitrogens with zero attached hydrogens (tertiary/aromatic N) is 4. The van der Waals surface area contributed by atoms with E-state index in [4.69, 9.17) is 9.15 Å². The number of hydrogen-bond donors (Lipinski definition) is 1. The molecule has 130 valence electrons. The van der Waals surface area contributed by atoms with Gasteiger partial charge in [0.05, 0.1) is 24.2 Å². The van der Waals surface area contributed by atoms with Crippen LogP contribution < -0.4 is 5.69 Å². The maximum Gasteiger partial charge on any atom is 0.326 e. The van der Waals surface area contributed by atoms with Gasteiger partial charge in [0.2, 0.25) is 17.7 Å². The van der Waals surface area contributed by atoms with Crippen molar-refractivity contribution in [1.29, 1.82) is 0 Å². The zero-order valence-electron chi connectivity index (χ0n) is 13.6. The molecule has 1 unspecified atom stereocenters. The molecule has 1 N–H and O–H groups in total. The van der Waals surface area contributed by atoms with E-state index >= 15 is 0 Å². The van der Waals surface area contributed by atoms with Crippen LogP contribution in [0, 0.1) is 6.92 Å². The first kappa shape index (κ1) is 15.6. The Morgan fingerprint density at radius 1 is 1.36 bits per heavy atom. The summed E-state index contributed by atoms with van der Waals surface area (Å²) in [5.41, 5.74) is 1.12. The number of benzene rings is 1. The van der Waals surface area contributed by atoms with Crippen molar-refractivity contribution in [2.45, 2.75) is 19.6 Å². The zero-order valence-corrected chi connectivity index (χ0v) is 13.6. The van der Waals surface area contributed by atoms with Gasteiger partial charge < -0.3 is 19.0 Å². The summed E-state index contributed by atoms with van der Waals surface area (Å²) in [6, 6.07) is 7.28. The minimum absolute atomic E-state index is 0.0293. The van der Waals surface area contributed by atoms with Crippen LogP contribution in [0.1, 0.15) is 17.9 Å². The fraction of sp³-hybridized carbons (Fsp3) is 0.375. The number of fused-ring (bicyclic) bond motifs is 1. The molecule has 9 heteroatoms. The molecule has 0 saturated carbocycles. The van der Waals surface area contributed by atoms with Gasteiger partial charge in [0, 0.05) is 13.5 Å². The highest BCUT2D eigenvalue weighted by atomic mass is 16.5. The van der Waals surface area contributed by atoms with Crippen LogP contribution in [0.2, 0.25) is 0 Å². The van der Waals surface area contributed by atoms with Crippen molar-refractivity contribution in [2.24, 2.45) is 0 Å². The van der Waals surface area contributed by atoms with Gasteiger partial charge in [0.1, 0.15) is 6.54 Å². The van der Waals surface area contributed by atoms with E-state index in [0.29, 0.717) is 42.5 Å². The highest BCUT2D eigenvalue weighted by Gasteiger charge is 2.29. The lowest BCUT2D eigenvalue weighted by Crippen LogP contribution is -2.44. The number of aromatic amines is 1. The number of rotatable bonds is 3. The molecule has 25 heavy (non-hydrogen) atoms. The summed E-state index contributed by atoms with van der Waals surface area (Å²) >= 11 is 0. The number of amides is 1. The van der Waals surface area contributed by atoms with E-state index in [-0.39, 0.29) is 18.1 Å². The van der Waals surface area contributed by atoms with Crippen molar-refractivity contribution in [3.63, 3.8) is 0 Å². The Morgan fingerprint density at radius 3 is 3.00 bits per heavy atom. The molecular formula is C16H17N5O4. The van der Waals surface area contributed by atoms with Crippen LogP contribution >= 0.6 is 0 Å². The van der Waals surface area contributed by atoms with Gasteiger partial charge in [-0.2, -0.15) is 0 Å². The summed E-state index contributed by atoms with van der Waals surface area (Å²) in [6.45, 7) is 2.82. The van der Waals surface area contributed by atoms with Crippen LogP contribution in [0.3, 0.4) is 0 Å². The number of aryl methyl sites for hydroxylation is 1. The Kier molecular flexibility index (Phi) is 3.85. The number of imidazole rings is 1. The number of ether oxygens (including phenoxy) is 1. The number of nitrogens with one attached hydrogen (secondary N) is 1. The van der Waals surface area contributed by atoms with Crippen molar-refractivity contribution in [3.8, 4) is 0 Å². The largest absolute Gasteiger partial charge is 0.423 e. The molecular weight excluding hydrogens is 326 g/mol. The third kappa shape index (κ3) is 2.93. The van der Waals surface area contributed by atoms with Gasteiger partial charge in [-0.05, 0) is 12.1 Å². The zero-order chi connectivity index (χ0) is 17.4. The van der Waals surface area contributed by atoms with Crippen molar-refractivity contribution < 1.29 is 13.9 Å². The SMILES string of the molecule is Cc1nnc(C2CN(C(=O)Cn3c(=O)[nH]c4ccccc43)CCO2)o1. The fourth-order valence-corrected chi connectivity index (χ4v) is 2.97. The highest BCUT2D eigenvalue weighted by molar-refractivity contribution is 5.80. The molecule has 1 aromatic carbocycles. The molecule has 4 rings (SSSR count). The third-order valence-electron chi connectivity index (χ3n) is 4.21. The van der Waals surface area contributed by atoms with E-state index in [9.17, 15) is 9.59 Å².